The van der Waals surface area contributed by atoms with Gasteiger partial charge in [-0.05, 0) is 43.4 Å². The highest BCUT2D eigenvalue weighted by molar-refractivity contribution is 9.09. The second kappa shape index (κ2) is 8.15. The fraction of sp³-hybridized carbons (Fsp3) is 0.600. The average Bonchev–Trinajstić information content (AvgIpc) is 2.74. The topological polar surface area (TPSA) is 49.4 Å². The number of rotatable bonds is 6. The van der Waals surface area contributed by atoms with Crippen LogP contribution in [0.3, 0.4) is 0 Å². The molecule has 1 aromatic rings. The molecule has 0 spiro atoms. The van der Waals surface area contributed by atoms with Gasteiger partial charge in [0, 0.05) is 18.4 Å². The molecular formula is C15H23BrN2O2S. The van der Waals surface area contributed by atoms with Gasteiger partial charge in [-0.25, -0.2) is 0 Å². The van der Waals surface area contributed by atoms with Crippen molar-refractivity contribution in [3.8, 4) is 0 Å². The molecular weight excluding hydrogens is 352 g/mol. The number of hydrogen-bond donors (Lipinski definition) is 1. The van der Waals surface area contributed by atoms with Gasteiger partial charge in [-0.1, -0.05) is 40.9 Å². The second-order valence-corrected chi connectivity index (χ2v) is 7.88. The Morgan fingerprint density at radius 1 is 1.14 bits per heavy atom. The van der Waals surface area contributed by atoms with Crippen LogP contribution in [0, 0.1) is 0 Å². The molecule has 1 fully saturated rings. The van der Waals surface area contributed by atoms with Crippen molar-refractivity contribution in [1.29, 1.82) is 0 Å². The monoisotopic (exact) mass is 374 g/mol. The summed E-state index contributed by atoms with van der Waals surface area (Å²) in [5.41, 5.74) is 1.82. The summed E-state index contributed by atoms with van der Waals surface area (Å²) < 4.78 is 29.2. The normalized spacial score (nSPS) is 17.4. The quantitative estimate of drug-likeness (QED) is 0.773. The van der Waals surface area contributed by atoms with Gasteiger partial charge in [-0.15, -0.1) is 0 Å². The van der Waals surface area contributed by atoms with E-state index in [1.54, 1.807) is 4.31 Å². The fourth-order valence-electron chi connectivity index (χ4n) is 2.56. The lowest BCUT2D eigenvalue weighted by Gasteiger charge is -2.21. The lowest BCUT2D eigenvalue weighted by atomic mass is 10.1. The number of alkyl halides is 1. The SMILES string of the molecule is O=S(=O)(Nc1cccc(CCCBr)c1)N1CCCCCC1. The summed E-state index contributed by atoms with van der Waals surface area (Å²) in [6, 6.07) is 7.68. The molecule has 0 saturated carbocycles. The average molecular weight is 375 g/mol. The molecule has 0 aromatic heterocycles. The van der Waals surface area contributed by atoms with E-state index in [0.717, 1.165) is 49.4 Å². The van der Waals surface area contributed by atoms with Crippen LogP contribution in [0.4, 0.5) is 5.69 Å². The zero-order valence-corrected chi connectivity index (χ0v) is 14.6. The highest BCUT2D eigenvalue weighted by atomic mass is 79.9. The Morgan fingerprint density at radius 3 is 2.52 bits per heavy atom. The van der Waals surface area contributed by atoms with E-state index >= 15 is 0 Å². The van der Waals surface area contributed by atoms with Crippen molar-refractivity contribution in [2.24, 2.45) is 0 Å². The Labute approximate surface area is 136 Å². The minimum atomic E-state index is -3.42. The van der Waals surface area contributed by atoms with E-state index in [-0.39, 0.29) is 0 Å². The van der Waals surface area contributed by atoms with Crippen molar-refractivity contribution in [3.05, 3.63) is 29.8 Å². The van der Waals surface area contributed by atoms with Crippen LogP contribution in [-0.4, -0.2) is 31.1 Å². The Hall–Kier alpha value is -0.590. The predicted molar refractivity (Wildman–Crippen MR) is 91.1 cm³/mol. The first-order valence-corrected chi connectivity index (χ1v) is 10.1. The van der Waals surface area contributed by atoms with Gasteiger partial charge >= 0.3 is 10.2 Å². The minimum Gasteiger partial charge on any atom is -0.271 e. The Morgan fingerprint density at radius 2 is 1.86 bits per heavy atom. The van der Waals surface area contributed by atoms with Gasteiger partial charge in [0.2, 0.25) is 0 Å². The maximum absolute atomic E-state index is 12.4. The summed E-state index contributed by atoms with van der Waals surface area (Å²) in [6.45, 7) is 1.25. The van der Waals surface area contributed by atoms with Crippen LogP contribution >= 0.6 is 15.9 Å². The number of aryl methyl sites for hydroxylation is 1. The zero-order valence-electron chi connectivity index (χ0n) is 12.2. The van der Waals surface area contributed by atoms with Crippen LogP contribution in [0.2, 0.25) is 0 Å². The van der Waals surface area contributed by atoms with Crippen molar-refractivity contribution >= 4 is 31.8 Å². The lowest BCUT2D eigenvalue weighted by molar-refractivity contribution is 0.427. The largest absolute Gasteiger partial charge is 0.301 e. The van der Waals surface area contributed by atoms with Crippen molar-refractivity contribution in [3.63, 3.8) is 0 Å². The molecule has 6 heteroatoms. The highest BCUT2D eigenvalue weighted by Gasteiger charge is 2.22. The molecule has 1 heterocycles. The van der Waals surface area contributed by atoms with Crippen molar-refractivity contribution in [2.75, 3.05) is 23.1 Å². The third kappa shape index (κ3) is 5.27. The summed E-state index contributed by atoms with van der Waals surface area (Å²) in [7, 11) is -3.42. The predicted octanol–water partition coefficient (Wildman–Crippen LogP) is 3.55. The fourth-order valence-corrected chi connectivity index (χ4v) is 4.13. The number of halogens is 1. The number of nitrogens with zero attached hydrogens (tertiary/aromatic N) is 1. The Balaban J connectivity index is 2.05. The van der Waals surface area contributed by atoms with E-state index in [1.165, 1.54) is 0 Å². The van der Waals surface area contributed by atoms with Crippen LogP contribution in [0.5, 0.6) is 0 Å². The molecule has 21 heavy (non-hydrogen) atoms. The molecule has 1 aliphatic rings. The molecule has 1 saturated heterocycles. The number of hydrogen-bond acceptors (Lipinski definition) is 2. The van der Waals surface area contributed by atoms with Crippen molar-refractivity contribution in [2.45, 2.75) is 38.5 Å². The van der Waals surface area contributed by atoms with E-state index in [1.807, 2.05) is 24.3 Å². The summed E-state index contributed by atoms with van der Waals surface area (Å²) in [5, 5.41) is 0.955. The molecule has 1 aliphatic heterocycles. The summed E-state index contributed by atoms with van der Waals surface area (Å²) in [4.78, 5) is 0. The van der Waals surface area contributed by atoms with Crippen LogP contribution < -0.4 is 4.72 Å². The zero-order chi connectivity index (χ0) is 15.1. The van der Waals surface area contributed by atoms with Gasteiger partial charge in [0.15, 0.2) is 0 Å². The molecule has 0 radical (unpaired) electrons. The first-order chi connectivity index (χ1) is 10.1. The van der Waals surface area contributed by atoms with Crippen molar-refractivity contribution in [1.82, 2.24) is 4.31 Å². The maximum Gasteiger partial charge on any atom is 0.301 e. The van der Waals surface area contributed by atoms with E-state index in [2.05, 4.69) is 20.7 Å². The molecule has 0 unspecified atom stereocenters. The van der Waals surface area contributed by atoms with E-state index < -0.39 is 10.2 Å². The maximum atomic E-state index is 12.4. The number of nitrogens with one attached hydrogen (secondary N) is 1. The summed E-state index contributed by atoms with van der Waals surface area (Å²) in [6.07, 6.45) is 6.13. The van der Waals surface area contributed by atoms with Gasteiger partial charge < -0.3 is 0 Å². The molecule has 1 N–H and O–H groups in total. The Kier molecular flexibility index (Phi) is 6.51. The third-order valence-corrected chi connectivity index (χ3v) is 5.78. The molecule has 0 amide bonds. The van der Waals surface area contributed by atoms with Gasteiger partial charge in [-0.3, -0.25) is 4.72 Å². The van der Waals surface area contributed by atoms with Crippen molar-refractivity contribution < 1.29 is 8.42 Å². The first-order valence-electron chi connectivity index (χ1n) is 7.54. The van der Waals surface area contributed by atoms with Gasteiger partial charge in [0.1, 0.15) is 0 Å². The molecule has 1 aromatic carbocycles. The van der Waals surface area contributed by atoms with E-state index in [9.17, 15) is 8.42 Å². The van der Waals surface area contributed by atoms with Crippen LogP contribution in [0.15, 0.2) is 24.3 Å². The summed E-state index contributed by atoms with van der Waals surface area (Å²) in [5.74, 6) is 0. The van der Waals surface area contributed by atoms with E-state index in [4.69, 9.17) is 0 Å². The van der Waals surface area contributed by atoms with Crippen LogP contribution in [-0.2, 0) is 16.6 Å². The van der Waals surface area contributed by atoms with Gasteiger partial charge in [0.25, 0.3) is 0 Å². The molecule has 0 aliphatic carbocycles. The van der Waals surface area contributed by atoms with Crippen LogP contribution in [0.25, 0.3) is 0 Å². The Bertz CT molecular complexity index is 540. The molecule has 4 nitrogen and oxygen atoms in total. The second-order valence-electron chi connectivity index (χ2n) is 5.41. The smallest absolute Gasteiger partial charge is 0.271 e. The highest BCUT2D eigenvalue weighted by Crippen LogP contribution is 2.18. The number of anilines is 1. The van der Waals surface area contributed by atoms with Gasteiger partial charge in [-0.2, -0.15) is 12.7 Å². The standard InChI is InChI=1S/C15H23BrN2O2S/c16-10-6-8-14-7-5-9-15(13-14)17-21(19,20)18-11-3-1-2-4-12-18/h5,7,9,13,17H,1-4,6,8,10-12H2. The van der Waals surface area contributed by atoms with E-state index in [0.29, 0.717) is 18.8 Å². The molecule has 0 bridgehead atoms. The minimum absolute atomic E-state index is 0.624. The van der Waals surface area contributed by atoms with Crippen LogP contribution in [0.1, 0.15) is 37.7 Å². The molecule has 0 atom stereocenters. The lowest BCUT2D eigenvalue weighted by Crippen LogP contribution is -2.36. The van der Waals surface area contributed by atoms with Gasteiger partial charge in [0.05, 0.1) is 5.69 Å². The third-order valence-electron chi connectivity index (χ3n) is 3.68. The molecule has 2 rings (SSSR count). The first kappa shape index (κ1) is 16.8. The molecule has 118 valence electrons. The summed E-state index contributed by atoms with van der Waals surface area (Å²) >= 11 is 3.42. The number of benzene rings is 1.